The number of nitrogens with zero attached hydrogens (tertiary/aromatic N) is 2. The number of ether oxygens (including phenoxy) is 2. The van der Waals surface area contributed by atoms with Gasteiger partial charge in [0.05, 0.1) is 7.11 Å². The molecule has 0 heterocycles. The van der Waals surface area contributed by atoms with E-state index in [2.05, 4.69) is 10.1 Å². The second-order valence-electron chi connectivity index (χ2n) is 10.0. The van der Waals surface area contributed by atoms with Crippen molar-refractivity contribution >= 4 is 23.7 Å². The fourth-order valence-electron chi connectivity index (χ4n) is 3.44. The van der Waals surface area contributed by atoms with E-state index in [1.165, 1.54) is 7.11 Å². The molecule has 198 valence electrons. The van der Waals surface area contributed by atoms with Gasteiger partial charge in [0.15, 0.2) is 0 Å². The number of rotatable bonds is 15. The van der Waals surface area contributed by atoms with E-state index in [-0.39, 0.29) is 18.0 Å². The average molecular weight is 492 g/mol. The minimum Gasteiger partial charge on any atom is -0.469 e. The molecule has 0 atom stereocenters. The van der Waals surface area contributed by atoms with Crippen molar-refractivity contribution in [1.82, 2.24) is 10.2 Å². The van der Waals surface area contributed by atoms with Crippen LogP contribution in [0.25, 0.3) is 0 Å². The Balaban J connectivity index is 2.38. The van der Waals surface area contributed by atoms with Crippen molar-refractivity contribution in [2.24, 2.45) is 0 Å². The van der Waals surface area contributed by atoms with Gasteiger partial charge in [-0.1, -0.05) is 25.0 Å². The number of anilines is 1. The van der Waals surface area contributed by atoms with Gasteiger partial charge in [-0.15, -0.1) is 0 Å². The third kappa shape index (κ3) is 14.3. The van der Waals surface area contributed by atoms with Gasteiger partial charge in [0.1, 0.15) is 5.60 Å². The van der Waals surface area contributed by atoms with Gasteiger partial charge >= 0.3 is 12.1 Å². The van der Waals surface area contributed by atoms with Crippen LogP contribution >= 0.6 is 0 Å². The number of hydrogen-bond acceptors (Lipinski definition) is 6. The standard InChI is InChI=1S/C27H45N3O5/c1-27(2,3)35-26(33)30(21-22-15-17-23(18-16-22)29(4)5)20-12-11-19-28-24(31)13-9-7-8-10-14-25(32)34-6/h15-18H,7-14,19-21H2,1-6H3,(H,28,31). The van der Waals surface area contributed by atoms with Crippen molar-refractivity contribution < 1.29 is 23.9 Å². The van der Waals surface area contributed by atoms with E-state index < -0.39 is 5.60 Å². The maximum atomic E-state index is 12.8. The van der Waals surface area contributed by atoms with Crippen LogP contribution in [0.3, 0.4) is 0 Å². The Morgan fingerprint density at radius 2 is 1.51 bits per heavy atom. The molecule has 8 heteroatoms. The highest BCUT2D eigenvalue weighted by Gasteiger charge is 2.22. The summed E-state index contributed by atoms with van der Waals surface area (Å²) in [7, 11) is 5.38. The normalized spacial score (nSPS) is 11.0. The van der Waals surface area contributed by atoms with E-state index in [0.29, 0.717) is 32.5 Å². The van der Waals surface area contributed by atoms with Crippen molar-refractivity contribution in [3.05, 3.63) is 29.8 Å². The molecule has 35 heavy (non-hydrogen) atoms. The number of benzene rings is 1. The zero-order valence-corrected chi connectivity index (χ0v) is 22.5. The molecule has 1 aromatic rings. The predicted molar refractivity (Wildman–Crippen MR) is 139 cm³/mol. The van der Waals surface area contributed by atoms with Gasteiger partial charge in [-0.3, -0.25) is 9.59 Å². The quantitative estimate of drug-likeness (QED) is 0.277. The zero-order chi connectivity index (χ0) is 26.3. The van der Waals surface area contributed by atoms with Crippen LogP contribution in [0, 0.1) is 0 Å². The monoisotopic (exact) mass is 491 g/mol. The molecular formula is C27H45N3O5. The lowest BCUT2D eigenvalue weighted by atomic mass is 10.1. The summed E-state index contributed by atoms with van der Waals surface area (Å²) >= 11 is 0. The number of methoxy groups -OCH3 is 1. The summed E-state index contributed by atoms with van der Waals surface area (Å²) in [6.45, 7) is 7.21. The Labute approximate surface area is 211 Å². The van der Waals surface area contributed by atoms with Gasteiger partial charge in [-0.2, -0.15) is 0 Å². The van der Waals surface area contributed by atoms with Gasteiger partial charge in [0.25, 0.3) is 0 Å². The van der Waals surface area contributed by atoms with Gasteiger partial charge in [-0.25, -0.2) is 4.79 Å². The van der Waals surface area contributed by atoms with E-state index in [4.69, 9.17) is 4.74 Å². The Kier molecular flexibility index (Phi) is 13.8. The number of nitrogens with one attached hydrogen (secondary N) is 1. The second kappa shape index (κ2) is 16.0. The summed E-state index contributed by atoms with van der Waals surface area (Å²) in [6.07, 6.45) is 5.59. The zero-order valence-electron chi connectivity index (χ0n) is 22.5. The fraction of sp³-hybridized carbons (Fsp3) is 0.667. The predicted octanol–water partition coefficient (Wildman–Crippen LogP) is 4.90. The first-order valence-corrected chi connectivity index (χ1v) is 12.6. The molecule has 1 aromatic carbocycles. The van der Waals surface area contributed by atoms with Crippen LogP contribution in [0.15, 0.2) is 24.3 Å². The van der Waals surface area contributed by atoms with Crippen LogP contribution in [0.2, 0.25) is 0 Å². The van der Waals surface area contributed by atoms with E-state index in [0.717, 1.165) is 49.8 Å². The third-order valence-corrected chi connectivity index (χ3v) is 5.42. The first-order valence-electron chi connectivity index (χ1n) is 12.6. The lowest BCUT2D eigenvalue weighted by molar-refractivity contribution is -0.140. The molecule has 0 saturated carbocycles. The smallest absolute Gasteiger partial charge is 0.410 e. The molecule has 0 radical (unpaired) electrons. The number of carbonyl (C=O) groups is 3. The molecule has 8 nitrogen and oxygen atoms in total. The van der Waals surface area contributed by atoms with Gasteiger partial charge in [0.2, 0.25) is 5.91 Å². The highest BCUT2D eigenvalue weighted by molar-refractivity contribution is 5.75. The van der Waals surface area contributed by atoms with Crippen molar-refractivity contribution in [2.45, 2.75) is 84.3 Å². The molecule has 0 unspecified atom stereocenters. The molecule has 0 aliphatic carbocycles. The molecule has 0 aliphatic rings. The SMILES string of the molecule is COC(=O)CCCCCCC(=O)NCCCCN(Cc1ccc(N(C)C)cc1)C(=O)OC(C)(C)C. The number of unbranched alkanes of at least 4 members (excludes halogenated alkanes) is 4. The molecule has 0 spiro atoms. The van der Waals surface area contributed by atoms with E-state index in [1.807, 2.05) is 64.0 Å². The van der Waals surface area contributed by atoms with E-state index in [9.17, 15) is 14.4 Å². The molecular weight excluding hydrogens is 446 g/mol. The van der Waals surface area contributed by atoms with Gasteiger partial charge < -0.3 is 24.6 Å². The summed E-state index contributed by atoms with van der Waals surface area (Å²) < 4.78 is 10.2. The molecule has 0 fully saturated rings. The number of hydrogen-bond donors (Lipinski definition) is 1. The van der Waals surface area contributed by atoms with Crippen LogP contribution in [0.4, 0.5) is 10.5 Å². The Morgan fingerprint density at radius 1 is 0.886 bits per heavy atom. The Bertz CT molecular complexity index is 772. The summed E-state index contributed by atoms with van der Waals surface area (Å²) in [6, 6.07) is 8.14. The molecule has 0 aliphatic heterocycles. The van der Waals surface area contributed by atoms with Crippen molar-refractivity contribution in [3.63, 3.8) is 0 Å². The minimum absolute atomic E-state index is 0.0444. The Hall–Kier alpha value is -2.77. The summed E-state index contributed by atoms with van der Waals surface area (Å²) in [5, 5.41) is 2.96. The highest BCUT2D eigenvalue weighted by Crippen LogP contribution is 2.17. The van der Waals surface area contributed by atoms with E-state index in [1.54, 1.807) is 4.90 Å². The molecule has 2 amide bonds. The first kappa shape index (κ1) is 30.3. The topological polar surface area (TPSA) is 88.2 Å². The second-order valence-corrected chi connectivity index (χ2v) is 10.0. The average Bonchev–Trinajstić information content (AvgIpc) is 2.79. The minimum atomic E-state index is -0.558. The molecule has 0 saturated heterocycles. The maximum absolute atomic E-state index is 12.8. The van der Waals surface area contributed by atoms with Gasteiger partial charge in [-0.05, 0) is 64.2 Å². The summed E-state index contributed by atoms with van der Waals surface area (Å²) in [5.41, 5.74) is 1.59. The first-order chi connectivity index (χ1) is 16.5. The molecule has 0 aromatic heterocycles. The largest absolute Gasteiger partial charge is 0.469 e. The van der Waals surface area contributed by atoms with E-state index >= 15 is 0 Å². The van der Waals surface area contributed by atoms with Crippen LogP contribution < -0.4 is 10.2 Å². The van der Waals surface area contributed by atoms with Crippen molar-refractivity contribution in [3.8, 4) is 0 Å². The van der Waals surface area contributed by atoms with Crippen molar-refractivity contribution in [1.29, 1.82) is 0 Å². The van der Waals surface area contributed by atoms with Crippen molar-refractivity contribution in [2.75, 3.05) is 39.2 Å². The highest BCUT2D eigenvalue weighted by atomic mass is 16.6. The maximum Gasteiger partial charge on any atom is 0.410 e. The lowest BCUT2D eigenvalue weighted by Gasteiger charge is -2.27. The Morgan fingerprint density at radius 3 is 2.09 bits per heavy atom. The van der Waals surface area contributed by atoms with Gasteiger partial charge in [0, 0.05) is 52.3 Å². The lowest BCUT2D eigenvalue weighted by Crippen LogP contribution is -2.37. The van der Waals surface area contributed by atoms with Crippen LogP contribution in [-0.2, 0) is 25.6 Å². The number of amides is 2. The summed E-state index contributed by atoms with van der Waals surface area (Å²) in [4.78, 5) is 39.6. The molecule has 1 N–H and O–H groups in total. The van der Waals surface area contributed by atoms with Crippen LogP contribution in [0.5, 0.6) is 0 Å². The summed E-state index contributed by atoms with van der Waals surface area (Å²) in [5.74, 6) is -0.141. The number of carbonyl (C=O) groups excluding carboxylic acids is 3. The van der Waals surface area contributed by atoms with Crippen LogP contribution in [0.1, 0.15) is 77.7 Å². The third-order valence-electron chi connectivity index (χ3n) is 5.42. The number of esters is 1. The molecule has 0 bridgehead atoms. The fourth-order valence-corrected chi connectivity index (χ4v) is 3.44. The molecule has 1 rings (SSSR count). The van der Waals surface area contributed by atoms with Crippen LogP contribution in [-0.4, -0.2) is 62.8 Å².